The zero-order chi connectivity index (χ0) is 21.1. The second-order valence-electron chi connectivity index (χ2n) is 7.20. The minimum absolute atomic E-state index is 0.0114. The van der Waals surface area contributed by atoms with Gasteiger partial charge in [0.15, 0.2) is 0 Å². The van der Waals surface area contributed by atoms with E-state index < -0.39 is 0 Å². The van der Waals surface area contributed by atoms with Gasteiger partial charge in [0.1, 0.15) is 0 Å². The highest BCUT2D eigenvalue weighted by Crippen LogP contribution is 2.29. The molecule has 3 heterocycles. The molecule has 2 amide bonds. The summed E-state index contributed by atoms with van der Waals surface area (Å²) >= 11 is 3.36. The average Bonchev–Trinajstić information content (AvgIpc) is 3.24. The molecule has 0 spiro atoms. The molecule has 3 aromatic rings. The summed E-state index contributed by atoms with van der Waals surface area (Å²) < 4.78 is 6.29. The maximum Gasteiger partial charge on any atom is 0.255 e. The van der Waals surface area contributed by atoms with Crippen LogP contribution in [0.4, 0.5) is 5.69 Å². The third-order valence-electron chi connectivity index (χ3n) is 4.91. The van der Waals surface area contributed by atoms with Crippen molar-refractivity contribution in [2.45, 2.75) is 25.7 Å². The summed E-state index contributed by atoms with van der Waals surface area (Å²) in [6.45, 7) is 2.67. The van der Waals surface area contributed by atoms with Gasteiger partial charge in [-0.15, -0.1) is 0 Å². The molecule has 2 aromatic heterocycles. The van der Waals surface area contributed by atoms with Gasteiger partial charge in [0.25, 0.3) is 5.91 Å². The van der Waals surface area contributed by atoms with Crippen LogP contribution in [-0.2, 0) is 4.79 Å². The molecule has 9 heteroatoms. The van der Waals surface area contributed by atoms with E-state index in [9.17, 15) is 9.59 Å². The predicted octanol–water partition coefficient (Wildman–Crippen LogP) is 3.87. The van der Waals surface area contributed by atoms with E-state index in [4.69, 9.17) is 4.52 Å². The van der Waals surface area contributed by atoms with Crippen molar-refractivity contribution in [3.63, 3.8) is 0 Å². The lowest BCUT2D eigenvalue weighted by atomic mass is 9.97. The molecule has 0 unspecified atom stereocenters. The summed E-state index contributed by atoms with van der Waals surface area (Å²) in [7, 11) is 0. The van der Waals surface area contributed by atoms with Gasteiger partial charge in [-0.1, -0.05) is 5.16 Å². The highest BCUT2D eigenvalue weighted by Gasteiger charge is 2.29. The van der Waals surface area contributed by atoms with E-state index in [0.29, 0.717) is 36.1 Å². The van der Waals surface area contributed by atoms with E-state index >= 15 is 0 Å². The van der Waals surface area contributed by atoms with E-state index in [-0.39, 0.29) is 17.7 Å². The first-order valence-electron chi connectivity index (χ1n) is 9.61. The Kier molecular flexibility index (Phi) is 5.89. The lowest BCUT2D eigenvalue weighted by molar-refractivity contribution is -0.114. The molecule has 8 nitrogen and oxygen atoms in total. The van der Waals surface area contributed by atoms with Crippen LogP contribution in [0.2, 0.25) is 0 Å². The molecular formula is C21H20BrN5O3. The van der Waals surface area contributed by atoms with Crippen molar-refractivity contribution in [2.24, 2.45) is 0 Å². The maximum absolute atomic E-state index is 12.8. The van der Waals surface area contributed by atoms with Crippen molar-refractivity contribution in [1.29, 1.82) is 0 Å². The molecule has 154 valence electrons. The number of carbonyl (C=O) groups is 2. The first-order chi connectivity index (χ1) is 14.5. The summed E-state index contributed by atoms with van der Waals surface area (Å²) in [6, 6.07) is 9.02. The number of hydrogen-bond acceptors (Lipinski definition) is 6. The van der Waals surface area contributed by atoms with E-state index in [0.717, 1.165) is 22.9 Å². The van der Waals surface area contributed by atoms with Crippen LogP contribution < -0.4 is 5.32 Å². The second kappa shape index (κ2) is 8.74. The number of hydrogen-bond donors (Lipinski definition) is 1. The summed E-state index contributed by atoms with van der Waals surface area (Å²) in [6.07, 6.45) is 4.97. The van der Waals surface area contributed by atoms with Gasteiger partial charge in [-0.3, -0.25) is 14.6 Å². The molecule has 30 heavy (non-hydrogen) atoms. The number of carbonyl (C=O) groups excluding carboxylic acids is 2. The van der Waals surface area contributed by atoms with Crippen molar-refractivity contribution in [3.05, 3.63) is 58.7 Å². The zero-order valence-electron chi connectivity index (χ0n) is 16.3. The minimum atomic E-state index is -0.125. The highest BCUT2D eigenvalue weighted by molar-refractivity contribution is 9.10. The second-order valence-corrected chi connectivity index (χ2v) is 8.11. The number of rotatable bonds is 4. The van der Waals surface area contributed by atoms with Crippen LogP contribution >= 0.6 is 15.9 Å². The zero-order valence-corrected chi connectivity index (χ0v) is 17.9. The van der Waals surface area contributed by atoms with Gasteiger partial charge in [0.05, 0.1) is 11.5 Å². The first kappa shape index (κ1) is 20.2. The smallest absolute Gasteiger partial charge is 0.255 e. The fourth-order valence-corrected chi connectivity index (χ4v) is 3.86. The number of nitrogens with zero attached hydrogens (tertiary/aromatic N) is 4. The Morgan fingerprint density at radius 1 is 1.23 bits per heavy atom. The van der Waals surface area contributed by atoms with Crippen molar-refractivity contribution >= 4 is 33.4 Å². The van der Waals surface area contributed by atoms with Gasteiger partial charge < -0.3 is 14.7 Å². The van der Waals surface area contributed by atoms with Crippen molar-refractivity contribution < 1.29 is 14.1 Å². The Morgan fingerprint density at radius 2 is 2.03 bits per heavy atom. The minimum Gasteiger partial charge on any atom is -0.339 e. The van der Waals surface area contributed by atoms with Crippen molar-refractivity contribution in [2.75, 3.05) is 18.4 Å². The van der Waals surface area contributed by atoms with Crippen LogP contribution in [0.15, 0.2) is 51.7 Å². The van der Waals surface area contributed by atoms with E-state index in [1.165, 1.54) is 6.92 Å². The highest BCUT2D eigenvalue weighted by atomic mass is 79.9. The number of anilines is 1. The molecule has 1 fully saturated rings. The molecule has 0 bridgehead atoms. The Morgan fingerprint density at radius 3 is 2.77 bits per heavy atom. The Bertz CT molecular complexity index is 1070. The van der Waals surface area contributed by atoms with Crippen LogP contribution in [0.3, 0.4) is 0 Å². The maximum atomic E-state index is 12.8. The summed E-state index contributed by atoms with van der Waals surface area (Å²) in [5.74, 6) is 0.823. The first-order valence-corrected chi connectivity index (χ1v) is 10.4. The molecule has 1 N–H and O–H groups in total. The summed E-state index contributed by atoms with van der Waals surface area (Å²) in [5, 5.41) is 6.82. The Labute approximate surface area is 181 Å². The van der Waals surface area contributed by atoms with Crippen LogP contribution in [0.1, 0.15) is 41.9 Å². The monoisotopic (exact) mass is 469 g/mol. The topological polar surface area (TPSA) is 101 Å². The van der Waals surface area contributed by atoms with Crippen molar-refractivity contribution in [3.8, 4) is 11.4 Å². The number of pyridine rings is 1. The molecule has 4 rings (SSSR count). The van der Waals surface area contributed by atoms with Gasteiger partial charge in [-0.25, -0.2) is 0 Å². The lowest BCUT2D eigenvalue weighted by Crippen LogP contribution is -2.39. The fraction of sp³-hybridized carbons (Fsp3) is 0.286. The largest absolute Gasteiger partial charge is 0.339 e. The number of amides is 2. The van der Waals surface area contributed by atoms with E-state index in [1.807, 2.05) is 17.0 Å². The Hall–Kier alpha value is -3.07. The van der Waals surface area contributed by atoms with Gasteiger partial charge >= 0.3 is 0 Å². The van der Waals surface area contributed by atoms with Gasteiger partial charge in [0.2, 0.25) is 17.6 Å². The Balaban J connectivity index is 1.46. The molecule has 1 atom stereocenters. The van der Waals surface area contributed by atoms with E-state index in [2.05, 4.69) is 36.4 Å². The molecular weight excluding hydrogens is 450 g/mol. The van der Waals surface area contributed by atoms with Gasteiger partial charge in [-0.05, 0) is 59.1 Å². The third kappa shape index (κ3) is 4.56. The van der Waals surface area contributed by atoms with Crippen LogP contribution in [0, 0.1) is 0 Å². The number of likely N-dealkylation sites (tertiary alicyclic amines) is 1. The fourth-order valence-electron chi connectivity index (χ4n) is 3.50. The lowest BCUT2D eigenvalue weighted by Gasteiger charge is -2.31. The SMILES string of the molecule is CC(=O)Nc1ccc(-c2noc([C@H]3CCCN(C(=O)c4cncc(Br)c4)C3)n2)cc1. The molecule has 0 radical (unpaired) electrons. The normalized spacial score (nSPS) is 16.3. The molecule has 1 aliphatic rings. The molecule has 1 aromatic carbocycles. The quantitative estimate of drug-likeness (QED) is 0.621. The molecule has 0 saturated carbocycles. The number of aromatic nitrogens is 3. The summed E-state index contributed by atoms with van der Waals surface area (Å²) in [4.78, 5) is 34.4. The van der Waals surface area contributed by atoms with Crippen LogP contribution in [0.5, 0.6) is 0 Å². The standard InChI is InChI=1S/C21H20BrN5O3/c1-13(28)24-18-6-4-14(5-7-18)19-25-20(30-26-19)15-3-2-8-27(12-15)21(29)16-9-17(22)11-23-10-16/h4-7,9-11,15H,2-3,8,12H2,1H3,(H,24,28)/t15-/m0/s1. The van der Waals surface area contributed by atoms with Crippen molar-refractivity contribution in [1.82, 2.24) is 20.0 Å². The molecule has 1 aliphatic heterocycles. The third-order valence-corrected chi connectivity index (χ3v) is 5.35. The van der Waals surface area contributed by atoms with Crippen LogP contribution in [-0.4, -0.2) is 44.9 Å². The number of piperidine rings is 1. The predicted molar refractivity (Wildman–Crippen MR) is 114 cm³/mol. The van der Waals surface area contributed by atoms with Gasteiger partial charge in [-0.2, -0.15) is 4.98 Å². The van der Waals surface area contributed by atoms with Crippen LogP contribution in [0.25, 0.3) is 11.4 Å². The number of benzene rings is 1. The number of nitrogens with one attached hydrogen (secondary N) is 1. The van der Waals surface area contributed by atoms with E-state index in [1.54, 1.807) is 30.6 Å². The summed E-state index contributed by atoms with van der Waals surface area (Å²) in [5.41, 5.74) is 2.05. The average molecular weight is 470 g/mol. The number of halogens is 1. The van der Waals surface area contributed by atoms with Gasteiger partial charge in [0, 0.05) is 48.1 Å². The molecule has 0 aliphatic carbocycles. The molecule has 1 saturated heterocycles.